The number of hydrogen-bond acceptors (Lipinski definition) is 6. The molecule has 0 aliphatic carbocycles. The second kappa shape index (κ2) is 6.92. The molecule has 172 valence electrons. The van der Waals surface area contributed by atoms with Gasteiger partial charge in [-0.1, -0.05) is 83.1 Å². The van der Waals surface area contributed by atoms with E-state index in [4.69, 9.17) is 20.4 Å². The van der Waals surface area contributed by atoms with E-state index < -0.39 is 0 Å². The van der Waals surface area contributed by atoms with Gasteiger partial charge in [-0.2, -0.15) is 20.4 Å². The van der Waals surface area contributed by atoms with Gasteiger partial charge in [-0.05, 0) is 0 Å². The average Bonchev–Trinajstić information content (AvgIpc) is 3.12. The lowest BCUT2D eigenvalue weighted by Crippen LogP contribution is -2.20. The molecule has 0 N–H and O–H groups in total. The zero-order valence-electron chi connectivity index (χ0n) is 21.6. The van der Waals surface area contributed by atoms with E-state index in [0.29, 0.717) is 0 Å². The van der Waals surface area contributed by atoms with Crippen LogP contribution in [0.3, 0.4) is 0 Å². The van der Waals surface area contributed by atoms with Crippen LogP contribution in [0.25, 0.3) is 29.6 Å². The SMILES string of the molecule is CC(C)(C)c1nnc(C(C)(C)C)c2c1sc1c2sc2c(C(C)(C)C)nnc(C(C)(C)C)c21. The Morgan fingerprint density at radius 2 is 0.625 bits per heavy atom. The topological polar surface area (TPSA) is 51.6 Å². The van der Waals surface area contributed by atoms with Gasteiger partial charge in [0, 0.05) is 32.4 Å². The molecule has 4 aromatic rings. The molecule has 4 rings (SSSR count). The average molecular weight is 469 g/mol. The molecule has 4 aromatic heterocycles. The predicted molar refractivity (Wildman–Crippen MR) is 141 cm³/mol. The summed E-state index contributed by atoms with van der Waals surface area (Å²) in [4.78, 5) is 0. The number of nitrogens with zero attached hydrogens (tertiary/aromatic N) is 4. The standard InChI is InChI=1S/C26H36N4S2/c1-23(2,3)19-13-15-16(32-17(13)21(29-27-19)25(7,8)9)14-18(31-15)22(26(10,11)12)30-28-20(14)24(4,5)6/h1-12H3. The van der Waals surface area contributed by atoms with E-state index in [9.17, 15) is 0 Å². The Bertz CT molecular complexity index is 1240. The molecule has 0 radical (unpaired) electrons. The third-order valence-corrected chi connectivity index (χ3v) is 8.33. The summed E-state index contributed by atoms with van der Waals surface area (Å²) in [6.07, 6.45) is 0. The van der Waals surface area contributed by atoms with Crippen molar-refractivity contribution in [3.05, 3.63) is 22.8 Å². The normalized spacial score (nSPS) is 14.2. The molecule has 0 spiro atoms. The van der Waals surface area contributed by atoms with Crippen LogP contribution >= 0.6 is 22.7 Å². The van der Waals surface area contributed by atoms with Crippen LogP contribution in [0.2, 0.25) is 0 Å². The molecule has 0 saturated carbocycles. The van der Waals surface area contributed by atoms with Crippen molar-refractivity contribution >= 4 is 52.2 Å². The van der Waals surface area contributed by atoms with Crippen molar-refractivity contribution in [2.75, 3.05) is 0 Å². The molecule has 0 bridgehead atoms. The van der Waals surface area contributed by atoms with E-state index in [1.165, 1.54) is 29.6 Å². The van der Waals surface area contributed by atoms with E-state index in [0.717, 1.165) is 22.8 Å². The van der Waals surface area contributed by atoms with Crippen LogP contribution in [0.1, 0.15) is 106 Å². The maximum Gasteiger partial charge on any atom is 0.0863 e. The highest BCUT2D eigenvalue weighted by Gasteiger charge is 2.33. The largest absolute Gasteiger partial charge is 0.154 e. The zero-order valence-corrected chi connectivity index (χ0v) is 23.2. The fourth-order valence-corrected chi connectivity index (χ4v) is 7.39. The van der Waals surface area contributed by atoms with Crippen LogP contribution in [0, 0.1) is 0 Å². The molecule has 0 saturated heterocycles. The molecule has 6 heteroatoms. The molecule has 4 heterocycles. The van der Waals surface area contributed by atoms with Gasteiger partial charge in [0.25, 0.3) is 0 Å². The highest BCUT2D eigenvalue weighted by Crippen LogP contribution is 2.51. The van der Waals surface area contributed by atoms with Crippen molar-refractivity contribution in [2.24, 2.45) is 0 Å². The highest BCUT2D eigenvalue weighted by molar-refractivity contribution is 7.36. The third kappa shape index (κ3) is 3.63. The predicted octanol–water partition coefficient (Wildman–Crippen LogP) is 8.04. The summed E-state index contributed by atoms with van der Waals surface area (Å²) in [5.41, 5.74) is 3.98. The molecular weight excluding hydrogens is 432 g/mol. The van der Waals surface area contributed by atoms with Crippen molar-refractivity contribution in [2.45, 2.75) is 105 Å². The summed E-state index contributed by atoms with van der Waals surface area (Å²) in [6.45, 7) is 26.7. The van der Waals surface area contributed by atoms with Gasteiger partial charge in [-0.15, -0.1) is 22.7 Å². The lowest BCUT2D eigenvalue weighted by Gasteiger charge is -2.23. The maximum absolute atomic E-state index is 4.81. The summed E-state index contributed by atoms with van der Waals surface area (Å²) < 4.78 is 5.18. The molecule has 0 fully saturated rings. The van der Waals surface area contributed by atoms with E-state index >= 15 is 0 Å². The van der Waals surface area contributed by atoms with Gasteiger partial charge in [0.05, 0.1) is 41.6 Å². The zero-order chi connectivity index (χ0) is 24.0. The van der Waals surface area contributed by atoms with Gasteiger partial charge in [0.15, 0.2) is 0 Å². The molecule has 0 atom stereocenters. The first-order chi connectivity index (χ1) is 14.4. The second-order valence-corrected chi connectivity index (χ2v) is 15.1. The van der Waals surface area contributed by atoms with E-state index in [-0.39, 0.29) is 21.7 Å². The van der Waals surface area contributed by atoms with Crippen molar-refractivity contribution < 1.29 is 0 Å². The minimum absolute atomic E-state index is 0.0757. The van der Waals surface area contributed by atoms with Gasteiger partial charge >= 0.3 is 0 Å². The lowest BCUT2D eigenvalue weighted by molar-refractivity contribution is 0.538. The maximum atomic E-state index is 4.81. The van der Waals surface area contributed by atoms with Crippen LogP contribution in [-0.4, -0.2) is 20.4 Å². The Balaban J connectivity index is 2.30. The molecule has 0 amide bonds. The Kier molecular flexibility index (Phi) is 5.08. The van der Waals surface area contributed by atoms with Crippen molar-refractivity contribution in [3.8, 4) is 0 Å². The van der Waals surface area contributed by atoms with Crippen LogP contribution in [-0.2, 0) is 21.7 Å². The Hall–Kier alpha value is -1.66. The third-order valence-electron chi connectivity index (χ3n) is 5.77. The van der Waals surface area contributed by atoms with Gasteiger partial charge in [-0.3, -0.25) is 0 Å². The fourth-order valence-electron chi connectivity index (χ4n) is 4.12. The van der Waals surface area contributed by atoms with E-state index in [2.05, 4.69) is 83.1 Å². The quantitative estimate of drug-likeness (QED) is 0.262. The molecule has 0 aliphatic heterocycles. The number of rotatable bonds is 0. The molecule has 0 unspecified atom stereocenters. The van der Waals surface area contributed by atoms with Crippen molar-refractivity contribution in [1.82, 2.24) is 20.4 Å². The summed E-state index contributed by atoms with van der Waals surface area (Å²) in [7, 11) is 0. The number of thiophene rings is 2. The van der Waals surface area contributed by atoms with Crippen LogP contribution in [0.5, 0.6) is 0 Å². The first kappa shape index (κ1) is 23.5. The molecule has 0 aromatic carbocycles. The molecule has 32 heavy (non-hydrogen) atoms. The smallest absolute Gasteiger partial charge is 0.0863 e. The van der Waals surface area contributed by atoms with Crippen molar-refractivity contribution in [1.29, 1.82) is 0 Å². The fraction of sp³-hybridized carbons (Fsp3) is 0.615. The Labute approximate surface area is 199 Å². The number of hydrogen-bond donors (Lipinski definition) is 0. The Morgan fingerprint density at radius 1 is 0.375 bits per heavy atom. The van der Waals surface area contributed by atoms with Gasteiger partial charge in [0.2, 0.25) is 0 Å². The highest BCUT2D eigenvalue weighted by atomic mass is 32.1. The minimum atomic E-state index is -0.0952. The lowest BCUT2D eigenvalue weighted by atomic mass is 9.86. The summed E-state index contributed by atoms with van der Waals surface area (Å²) in [5, 5.41) is 21.7. The van der Waals surface area contributed by atoms with Crippen LogP contribution < -0.4 is 0 Å². The summed E-state index contributed by atoms with van der Waals surface area (Å²) in [5.74, 6) is 0. The Morgan fingerprint density at radius 3 is 0.875 bits per heavy atom. The van der Waals surface area contributed by atoms with Crippen molar-refractivity contribution in [3.63, 3.8) is 0 Å². The monoisotopic (exact) mass is 468 g/mol. The second-order valence-electron chi connectivity index (χ2n) is 13.1. The van der Waals surface area contributed by atoms with Crippen LogP contribution in [0.15, 0.2) is 0 Å². The first-order valence-corrected chi connectivity index (χ1v) is 13.0. The molecular formula is C26H36N4S2. The molecule has 0 aliphatic rings. The summed E-state index contributed by atoms with van der Waals surface area (Å²) >= 11 is 3.74. The minimum Gasteiger partial charge on any atom is -0.154 e. The van der Waals surface area contributed by atoms with Gasteiger partial charge < -0.3 is 0 Å². The van der Waals surface area contributed by atoms with E-state index in [1.54, 1.807) is 0 Å². The summed E-state index contributed by atoms with van der Waals surface area (Å²) in [6, 6.07) is 0. The first-order valence-electron chi connectivity index (χ1n) is 11.4. The molecule has 4 nitrogen and oxygen atoms in total. The number of fused-ring (bicyclic) bond motifs is 5. The van der Waals surface area contributed by atoms with Gasteiger partial charge in [-0.25, -0.2) is 0 Å². The number of aromatic nitrogens is 4. The van der Waals surface area contributed by atoms with Crippen LogP contribution in [0.4, 0.5) is 0 Å². The van der Waals surface area contributed by atoms with E-state index in [1.807, 2.05) is 22.7 Å². The van der Waals surface area contributed by atoms with Gasteiger partial charge in [0.1, 0.15) is 0 Å².